The Morgan fingerprint density at radius 2 is 2.06 bits per heavy atom. The average molecular weight is 251 g/mol. The van der Waals surface area contributed by atoms with Crippen molar-refractivity contribution in [3.05, 3.63) is 34.9 Å². The molecule has 0 heterocycles. The molecular formula is C15H19ClO. The first-order valence-corrected chi connectivity index (χ1v) is 6.80. The summed E-state index contributed by atoms with van der Waals surface area (Å²) in [5.74, 6) is 1.69. The fourth-order valence-electron chi connectivity index (χ4n) is 2.68. The number of carbonyl (C=O) groups is 1. The summed E-state index contributed by atoms with van der Waals surface area (Å²) in [5.41, 5.74) is 1.31. The van der Waals surface area contributed by atoms with E-state index >= 15 is 0 Å². The highest BCUT2D eigenvalue weighted by molar-refractivity contribution is 6.30. The minimum Gasteiger partial charge on any atom is -0.300 e. The van der Waals surface area contributed by atoms with Crippen molar-refractivity contribution in [1.29, 1.82) is 0 Å². The summed E-state index contributed by atoms with van der Waals surface area (Å²) in [7, 11) is 0. The second-order valence-corrected chi connectivity index (χ2v) is 5.61. The van der Waals surface area contributed by atoms with Gasteiger partial charge < -0.3 is 0 Å². The first kappa shape index (κ1) is 12.6. The molecule has 1 aliphatic carbocycles. The molecule has 1 fully saturated rings. The van der Waals surface area contributed by atoms with Gasteiger partial charge in [-0.15, -0.1) is 0 Å². The Morgan fingerprint density at radius 3 is 2.71 bits per heavy atom. The molecule has 1 aliphatic rings. The molecule has 0 spiro atoms. The Balaban J connectivity index is 1.92. The molecule has 0 radical (unpaired) electrons. The average Bonchev–Trinajstić information content (AvgIpc) is 2.32. The molecule has 1 saturated carbocycles. The van der Waals surface area contributed by atoms with E-state index in [1.165, 1.54) is 12.0 Å². The summed E-state index contributed by atoms with van der Waals surface area (Å²) >= 11 is 6.01. The Labute approximate surface area is 108 Å². The van der Waals surface area contributed by atoms with Gasteiger partial charge in [-0.1, -0.05) is 30.7 Å². The molecule has 1 nitrogen and oxygen atoms in total. The first-order chi connectivity index (χ1) is 8.15. The van der Waals surface area contributed by atoms with Crippen LogP contribution in [0.5, 0.6) is 0 Å². The molecule has 1 aromatic carbocycles. The lowest BCUT2D eigenvalue weighted by molar-refractivity contribution is -0.121. The van der Waals surface area contributed by atoms with Crippen molar-refractivity contribution >= 4 is 17.4 Å². The van der Waals surface area contributed by atoms with E-state index in [2.05, 4.69) is 19.1 Å². The van der Waals surface area contributed by atoms with Crippen molar-refractivity contribution in [1.82, 2.24) is 0 Å². The molecule has 1 atom stereocenters. The number of carbonyl (C=O) groups excluding carboxylic acids is 1. The second kappa shape index (κ2) is 5.68. The number of ketones is 1. The van der Waals surface area contributed by atoms with Gasteiger partial charge in [-0.3, -0.25) is 4.79 Å². The first-order valence-electron chi connectivity index (χ1n) is 6.42. The third-order valence-electron chi connectivity index (χ3n) is 3.77. The van der Waals surface area contributed by atoms with Gasteiger partial charge in [-0.2, -0.15) is 0 Å². The number of Topliss-reactive ketones (excluding diaryl/α,β-unsaturated/α-hetero) is 1. The van der Waals surface area contributed by atoms with Crippen LogP contribution in [-0.2, 0) is 4.79 Å². The molecule has 0 bridgehead atoms. The number of hydrogen-bond acceptors (Lipinski definition) is 1. The van der Waals surface area contributed by atoms with Crippen LogP contribution in [0.15, 0.2) is 24.3 Å². The number of benzene rings is 1. The zero-order valence-corrected chi connectivity index (χ0v) is 11.0. The van der Waals surface area contributed by atoms with Gasteiger partial charge in [0.15, 0.2) is 0 Å². The standard InChI is InChI=1S/C15H19ClO/c1-11(13-3-2-4-14(16)10-13)9-12-5-7-15(17)8-6-12/h2-4,10-12H,5-9H2,1H3. The van der Waals surface area contributed by atoms with Gasteiger partial charge in [0.1, 0.15) is 5.78 Å². The van der Waals surface area contributed by atoms with Crippen LogP contribution in [0.4, 0.5) is 0 Å². The normalized spacial score (nSPS) is 19.3. The van der Waals surface area contributed by atoms with Gasteiger partial charge in [0.2, 0.25) is 0 Å². The van der Waals surface area contributed by atoms with Crippen molar-refractivity contribution in [3.63, 3.8) is 0 Å². The lowest BCUT2D eigenvalue weighted by Gasteiger charge is -2.24. The zero-order valence-electron chi connectivity index (χ0n) is 10.3. The highest BCUT2D eigenvalue weighted by atomic mass is 35.5. The van der Waals surface area contributed by atoms with E-state index in [9.17, 15) is 4.79 Å². The molecule has 17 heavy (non-hydrogen) atoms. The maximum Gasteiger partial charge on any atom is 0.132 e. The highest BCUT2D eigenvalue weighted by Gasteiger charge is 2.21. The summed E-state index contributed by atoms with van der Waals surface area (Å²) in [4.78, 5) is 11.2. The van der Waals surface area contributed by atoms with E-state index in [-0.39, 0.29) is 0 Å². The Bertz CT molecular complexity index is 390. The number of rotatable bonds is 3. The van der Waals surface area contributed by atoms with Crippen molar-refractivity contribution < 1.29 is 4.79 Å². The van der Waals surface area contributed by atoms with Crippen LogP contribution in [0, 0.1) is 5.92 Å². The molecule has 1 unspecified atom stereocenters. The third kappa shape index (κ3) is 3.57. The molecule has 1 aromatic rings. The Morgan fingerprint density at radius 1 is 1.35 bits per heavy atom. The van der Waals surface area contributed by atoms with Crippen molar-refractivity contribution in [2.45, 2.75) is 44.9 Å². The van der Waals surface area contributed by atoms with Crippen LogP contribution >= 0.6 is 11.6 Å². The molecule has 2 rings (SSSR count). The summed E-state index contributed by atoms with van der Waals surface area (Å²) in [6.07, 6.45) is 4.89. The van der Waals surface area contributed by atoms with E-state index in [1.54, 1.807) is 0 Å². The van der Waals surface area contributed by atoms with Gasteiger partial charge in [-0.05, 0) is 48.8 Å². The van der Waals surface area contributed by atoms with E-state index in [4.69, 9.17) is 11.6 Å². The van der Waals surface area contributed by atoms with Gasteiger partial charge >= 0.3 is 0 Å². The van der Waals surface area contributed by atoms with E-state index in [1.807, 2.05) is 12.1 Å². The van der Waals surface area contributed by atoms with Crippen molar-refractivity contribution in [3.8, 4) is 0 Å². The zero-order chi connectivity index (χ0) is 12.3. The van der Waals surface area contributed by atoms with Gasteiger partial charge in [0, 0.05) is 17.9 Å². The smallest absolute Gasteiger partial charge is 0.132 e. The van der Waals surface area contributed by atoms with Gasteiger partial charge in [0.05, 0.1) is 0 Å². The summed E-state index contributed by atoms with van der Waals surface area (Å²) in [5, 5.41) is 0.813. The lowest BCUT2D eigenvalue weighted by atomic mass is 9.81. The van der Waals surface area contributed by atoms with Crippen molar-refractivity contribution in [2.24, 2.45) is 5.92 Å². The highest BCUT2D eigenvalue weighted by Crippen LogP contribution is 2.32. The molecule has 92 valence electrons. The van der Waals surface area contributed by atoms with Gasteiger partial charge in [-0.25, -0.2) is 0 Å². The van der Waals surface area contributed by atoms with Gasteiger partial charge in [0.25, 0.3) is 0 Å². The fourth-order valence-corrected chi connectivity index (χ4v) is 2.88. The van der Waals surface area contributed by atoms with Crippen LogP contribution in [0.2, 0.25) is 5.02 Å². The van der Waals surface area contributed by atoms with E-state index in [0.717, 1.165) is 30.7 Å². The minimum absolute atomic E-state index is 0.441. The molecule has 0 N–H and O–H groups in total. The number of halogens is 1. The van der Waals surface area contributed by atoms with Crippen LogP contribution < -0.4 is 0 Å². The van der Waals surface area contributed by atoms with Crippen LogP contribution in [0.25, 0.3) is 0 Å². The third-order valence-corrected chi connectivity index (χ3v) is 4.00. The molecular weight excluding hydrogens is 232 g/mol. The Kier molecular flexibility index (Phi) is 4.22. The lowest BCUT2D eigenvalue weighted by Crippen LogP contribution is -2.15. The predicted octanol–water partition coefficient (Wildman–Crippen LogP) is 4.59. The second-order valence-electron chi connectivity index (χ2n) is 5.17. The topological polar surface area (TPSA) is 17.1 Å². The van der Waals surface area contributed by atoms with Crippen LogP contribution in [-0.4, -0.2) is 5.78 Å². The van der Waals surface area contributed by atoms with Crippen LogP contribution in [0.3, 0.4) is 0 Å². The molecule has 0 aromatic heterocycles. The van der Waals surface area contributed by atoms with E-state index in [0.29, 0.717) is 17.6 Å². The number of hydrogen-bond donors (Lipinski definition) is 0. The Hall–Kier alpha value is -0.820. The molecule has 0 aliphatic heterocycles. The van der Waals surface area contributed by atoms with E-state index < -0.39 is 0 Å². The summed E-state index contributed by atoms with van der Waals surface area (Å²) in [6, 6.07) is 8.13. The van der Waals surface area contributed by atoms with Crippen molar-refractivity contribution in [2.75, 3.05) is 0 Å². The quantitative estimate of drug-likeness (QED) is 0.767. The largest absolute Gasteiger partial charge is 0.300 e. The minimum atomic E-state index is 0.441. The summed E-state index contributed by atoms with van der Waals surface area (Å²) < 4.78 is 0. The fraction of sp³-hybridized carbons (Fsp3) is 0.533. The monoisotopic (exact) mass is 250 g/mol. The maximum atomic E-state index is 11.2. The summed E-state index contributed by atoms with van der Waals surface area (Å²) in [6.45, 7) is 2.25. The molecule has 2 heteroatoms. The molecule has 0 amide bonds. The maximum absolute atomic E-state index is 11.2. The predicted molar refractivity (Wildman–Crippen MR) is 71.4 cm³/mol. The SMILES string of the molecule is CC(CC1CCC(=O)CC1)c1cccc(Cl)c1. The molecule has 0 saturated heterocycles. The van der Waals surface area contributed by atoms with Crippen LogP contribution in [0.1, 0.15) is 50.5 Å².